The number of Topliss-reactive ketones (excluding diaryl/α,β-unsaturated/α-hetero) is 1. The lowest BCUT2D eigenvalue weighted by Gasteiger charge is -2.34. The summed E-state index contributed by atoms with van der Waals surface area (Å²) in [5, 5.41) is 13.7. The molecule has 2 heterocycles. The Morgan fingerprint density at radius 1 is 0.963 bits per heavy atom. The Bertz CT molecular complexity index is 1190. The average molecular weight is 375 g/mol. The second kappa shape index (κ2) is 5.71. The standard InChI is InChI=1S/C22H15ClN2O2/c23-15-10-11-17-20(12-15)25(27)22(21(17)26,14-6-2-1-3-7-14)18-13-24-19-9-5-4-8-16(18)19/h1-13,24,27H/t22-/m0/s1. The maximum absolute atomic E-state index is 13.7. The van der Waals surface area contributed by atoms with Gasteiger partial charge in [0.2, 0.25) is 5.78 Å². The smallest absolute Gasteiger partial charge is 0.202 e. The van der Waals surface area contributed by atoms with Gasteiger partial charge in [0, 0.05) is 33.2 Å². The molecule has 0 fully saturated rings. The quantitative estimate of drug-likeness (QED) is 0.509. The monoisotopic (exact) mass is 374 g/mol. The summed E-state index contributed by atoms with van der Waals surface area (Å²) in [6.45, 7) is 0. The number of nitrogens with zero attached hydrogens (tertiary/aromatic N) is 1. The number of H-pyrrole nitrogens is 1. The summed E-state index contributed by atoms with van der Waals surface area (Å²) < 4.78 is 0. The highest BCUT2D eigenvalue weighted by Gasteiger charge is 2.55. The number of anilines is 1. The largest absolute Gasteiger partial charge is 0.361 e. The summed E-state index contributed by atoms with van der Waals surface area (Å²) in [5.41, 5.74) is 1.75. The summed E-state index contributed by atoms with van der Waals surface area (Å²) in [4.78, 5) is 16.9. The lowest BCUT2D eigenvalue weighted by Crippen LogP contribution is -2.47. The first-order valence-electron chi connectivity index (χ1n) is 8.59. The van der Waals surface area contributed by atoms with Crippen molar-refractivity contribution in [1.29, 1.82) is 0 Å². The van der Waals surface area contributed by atoms with Gasteiger partial charge in [-0.05, 0) is 29.8 Å². The Balaban J connectivity index is 1.88. The van der Waals surface area contributed by atoms with Gasteiger partial charge < -0.3 is 4.98 Å². The Morgan fingerprint density at radius 2 is 1.70 bits per heavy atom. The molecule has 0 aliphatic carbocycles. The zero-order valence-electron chi connectivity index (χ0n) is 14.2. The average Bonchev–Trinajstić information content (AvgIpc) is 3.21. The first-order chi connectivity index (χ1) is 13.1. The molecule has 1 aromatic heterocycles. The van der Waals surface area contributed by atoms with Gasteiger partial charge in [-0.3, -0.25) is 10.0 Å². The molecule has 0 radical (unpaired) electrons. The van der Waals surface area contributed by atoms with Crippen LogP contribution >= 0.6 is 11.6 Å². The highest BCUT2D eigenvalue weighted by molar-refractivity contribution is 6.31. The number of aromatic amines is 1. The summed E-state index contributed by atoms with van der Waals surface area (Å²) in [6.07, 6.45) is 1.80. The second-order valence-corrected chi connectivity index (χ2v) is 7.06. The molecule has 0 amide bonds. The van der Waals surface area contributed by atoms with E-state index in [1.54, 1.807) is 24.4 Å². The van der Waals surface area contributed by atoms with Crippen molar-refractivity contribution in [1.82, 2.24) is 4.98 Å². The summed E-state index contributed by atoms with van der Waals surface area (Å²) >= 11 is 6.14. The molecule has 5 heteroatoms. The van der Waals surface area contributed by atoms with E-state index in [9.17, 15) is 10.0 Å². The highest BCUT2D eigenvalue weighted by atomic mass is 35.5. The van der Waals surface area contributed by atoms with Gasteiger partial charge in [0.05, 0.1) is 5.69 Å². The number of fused-ring (bicyclic) bond motifs is 2. The van der Waals surface area contributed by atoms with Crippen LogP contribution in [0.15, 0.2) is 79.0 Å². The van der Waals surface area contributed by atoms with Crippen molar-refractivity contribution in [2.75, 3.05) is 5.06 Å². The molecule has 5 rings (SSSR count). The Kier molecular flexibility index (Phi) is 3.41. The Morgan fingerprint density at radius 3 is 2.52 bits per heavy atom. The maximum Gasteiger partial charge on any atom is 0.202 e. The molecule has 0 saturated heterocycles. The SMILES string of the molecule is O=C1c2ccc(Cl)cc2N(O)[C@@]1(c1ccccc1)c1c[nH]c2ccccc12. The van der Waals surface area contributed by atoms with Crippen molar-refractivity contribution in [2.24, 2.45) is 0 Å². The van der Waals surface area contributed by atoms with Crippen molar-refractivity contribution in [3.8, 4) is 0 Å². The number of carbonyl (C=O) groups is 1. The van der Waals surface area contributed by atoms with E-state index < -0.39 is 5.54 Å². The minimum Gasteiger partial charge on any atom is -0.361 e. The van der Waals surface area contributed by atoms with Gasteiger partial charge >= 0.3 is 0 Å². The van der Waals surface area contributed by atoms with Crippen LogP contribution in [0.3, 0.4) is 0 Å². The van der Waals surface area contributed by atoms with E-state index in [-0.39, 0.29) is 5.78 Å². The zero-order valence-corrected chi connectivity index (χ0v) is 14.9. The minimum absolute atomic E-state index is 0.187. The molecular weight excluding hydrogens is 360 g/mol. The van der Waals surface area contributed by atoms with E-state index in [2.05, 4.69) is 4.98 Å². The minimum atomic E-state index is -1.38. The van der Waals surface area contributed by atoms with Gasteiger partial charge in [-0.1, -0.05) is 60.1 Å². The third kappa shape index (κ3) is 2.05. The number of benzene rings is 3. The molecule has 0 bridgehead atoms. The van der Waals surface area contributed by atoms with Gasteiger partial charge in [-0.15, -0.1) is 0 Å². The third-order valence-corrected chi connectivity index (χ3v) is 5.48. The van der Waals surface area contributed by atoms with Crippen LogP contribution in [0, 0.1) is 0 Å². The lowest BCUT2D eigenvalue weighted by molar-refractivity contribution is 0.0846. The molecule has 2 N–H and O–H groups in total. The number of aromatic nitrogens is 1. The van der Waals surface area contributed by atoms with Crippen LogP contribution in [0.25, 0.3) is 10.9 Å². The number of hydroxylamine groups is 1. The van der Waals surface area contributed by atoms with Crippen LogP contribution in [0.2, 0.25) is 5.02 Å². The van der Waals surface area contributed by atoms with E-state index >= 15 is 0 Å². The number of ketones is 1. The molecule has 1 aliphatic rings. The van der Waals surface area contributed by atoms with Crippen LogP contribution in [-0.2, 0) is 5.54 Å². The summed E-state index contributed by atoms with van der Waals surface area (Å²) in [7, 11) is 0. The van der Waals surface area contributed by atoms with Crippen LogP contribution in [0.1, 0.15) is 21.5 Å². The molecule has 1 atom stereocenters. The fraction of sp³-hybridized carbons (Fsp3) is 0.0455. The molecule has 0 spiro atoms. The molecule has 4 nitrogen and oxygen atoms in total. The number of rotatable bonds is 2. The first kappa shape index (κ1) is 16.1. The topological polar surface area (TPSA) is 56.3 Å². The highest BCUT2D eigenvalue weighted by Crippen LogP contribution is 2.50. The van der Waals surface area contributed by atoms with Gasteiger partial charge in [0.1, 0.15) is 0 Å². The van der Waals surface area contributed by atoms with E-state index in [4.69, 9.17) is 11.6 Å². The fourth-order valence-corrected chi connectivity index (χ4v) is 4.21. The van der Waals surface area contributed by atoms with Crippen molar-refractivity contribution in [2.45, 2.75) is 5.54 Å². The second-order valence-electron chi connectivity index (χ2n) is 6.63. The van der Waals surface area contributed by atoms with Crippen LogP contribution in [0.4, 0.5) is 5.69 Å². The molecule has 0 unspecified atom stereocenters. The first-order valence-corrected chi connectivity index (χ1v) is 8.97. The van der Waals surface area contributed by atoms with Crippen molar-refractivity contribution < 1.29 is 10.0 Å². The molecule has 132 valence electrons. The van der Waals surface area contributed by atoms with Crippen molar-refractivity contribution in [3.05, 3.63) is 101 Å². The van der Waals surface area contributed by atoms with E-state index in [0.29, 0.717) is 27.4 Å². The van der Waals surface area contributed by atoms with E-state index in [1.165, 1.54) is 0 Å². The number of halogens is 1. The number of hydrogen-bond acceptors (Lipinski definition) is 3. The third-order valence-electron chi connectivity index (χ3n) is 5.25. The van der Waals surface area contributed by atoms with Gasteiger partial charge in [0.15, 0.2) is 5.54 Å². The predicted octanol–water partition coefficient (Wildman–Crippen LogP) is 5.16. The molecule has 4 aromatic rings. The fourth-order valence-electron chi connectivity index (χ4n) is 4.04. The van der Waals surface area contributed by atoms with Crippen molar-refractivity contribution in [3.63, 3.8) is 0 Å². The summed E-state index contributed by atoms with van der Waals surface area (Å²) in [6, 6.07) is 22.0. The summed E-state index contributed by atoms with van der Waals surface area (Å²) in [5.74, 6) is -0.187. The Labute approximate surface area is 160 Å². The number of para-hydroxylation sites is 1. The van der Waals surface area contributed by atoms with Gasteiger partial charge in [-0.25, -0.2) is 5.06 Å². The number of nitrogens with one attached hydrogen (secondary N) is 1. The normalized spacial score (nSPS) is 18.9. The van der Waals surface area contributed by atoms with Crippen LogP contribution < -0.4 is 5.06 Å². The molecule has 3 aromatic carbocycles. The van der Waals surface area contributed by atoms with Crippen LogP contribution in [-0.4, -0.2) is 16.0 Å². The van der Waals surface area contributed by atoms with Crippen molar-refractivity contribution >= 4 is 34.0 Å². The van der Waals surface area contributed by atoms with E-state index in [1.807, 2.05) is 54.6 Å². The number of hydrogen-bond donors (Lipinski definition) is 2. The molecular formula is C22H15ClN2O2. The molecule has 0 saturated carbocycles. The van der Waals surface area contributed by atoms with E-state index in [0.717, 1.165) is 16.0 Å². The van der Waals surface area contributed by atoms with Crippen LogP contribution in [0.5, 0.6) is 0 Å². The molecule has 1 aliphatic heterocycles. The lowest BCUT2D eigenvalue weighted by atomic mass is 9.79. The zero-order chi connectivity index (χ0) is 18.6. The Hall–Kier alpha value is -3.08. The van der Waals surface area contributed by atoms with Gasteiger partial charge in [0.25, 0.3) is 0 Å². The predicted molar refractivity (Wildman–Crippen MR) is 106 cm³/mol. The molecule has 27 heavy (non-hydrogen) atoms. The maximum atomic E-state index is 13.7. The number of carbonyl (C=O) groups excluding carboxylic acids is 1. The van der Waals surface area contributed by atoms with Gasteiger partial charge in [-0.2, -0.15) is 0 Å².